The van der Waals surface area contributed by atoms with Crippen molar-refractivity contribution in [3.8, 4) is 5.69 Å². The number of rotatable bonds is 5. The maximum absolute atomic E-state index is 13.4. The van der Waals surface area contributed by atoms with Gasteiger partial charge in [0.1, 0.15) is 0 Å². The molecular weight excluding hydrogens is 394 g/mol. The third kappa shape index (κ3) is 4.15. The Morgan fingerprint density at radius 1 is 1.17 bits per heavy atom. The standard InChI is InChI=1S/C24H27N3O2S/c1-15-12-13-21(16(2)14-15)27-23(29)19-10-6-7-11-20(19)26-24(27)30-17(3)22(28)25-18-8-4-5-9-18/h6-7,10-14,17-18H,4-5,8-9H2,1-3H3,(H,25,28)/t17-/m0/s1. The second-order valence-electron chi connectivity index (χ2n) is 8.09. The fraction of sp³-hybridized carbons (Fsp3) is 0.375. The van der Waals surface area contributed by atoms with Gasteiger partial charge in [-0.1, -0.05) is 54.4 Å². The van der Waals surface area contributed by atoms with Crippen LogP contribution in [0.5, 0.6) is 0 Å². The smallest absolute Gasteiger partial charge is 0.266 e. The molecule has 1 aliphatic rings. The van der Waals surface area contributed by atoms with Gasteiger partial charge in [0, 0.05) is 6.04 Å². The molecule has 3 aromatic rings. The largest absolute Gasteiger partial charge is 0.352 e. The van der Waals surface area contributed by atoms with Gasteiger partial charge in [0.05, 0.1) is 21.8 Å². The Kier molecular flexibility index (Phi) is 5.95. The number of hydrogen-bond donors (Lipinski definition) is 1. The Morgan fingerprint density at radius 3 is 2.63 bits per heavy atom. The minimum Gasteiger partial charge on any atom is -0.352 e. The van der Waals surface area contributed by atoms with Gasteiger partial charge < -0.3 is 5.32 Å². The highest BCUT2D eigenvalue weighted by molar-refractivity contribution is 8.00. The average Bonchev–Trinajstić information content (AvgIpc) is 3.22. The number of para-hydroxylation sites is 1. The maximum atomic E-state index is 13.4. The Hall–Kier alpha value is -2.60. The van der Waals surface area contributed by atoms with E-state index in [4.69, 9.17) is 4.98 Å². The lowest BCUT2D eigenvalue weighted by Gasteiger charge is -2.19. The summed E-state index contributed by atoms with van der Waals surface area (Å²) in [6.45, 7) is 5.90. The zero-order valence-corrected chi connectivity index (χ0v) is 18.5. The summed E-state index contributed by atoms with van der Waals surface area (Å²) in [7, 11) is 0. The highest BCUT2D eigenvalue weighted by Crippen LogP contribution is 2.27. The number of fused-ring (bicyclic) bond motifs is 1. The van der Waals surface area contributed by atoms with E-state index in [-0.39, 0.29) is 22.8 Å². The predicted molar refractivity (Wildman–Crippen MR) is 123 cm³/mol. The summed E-state index contributed by atoms with van der Waals surface area (Å²) in [5.41, 5.74) is 3.47. The molecule has 0 aliphatic heterocycles. The zero-order chi connectivity index (χ0) is 21.3. The Balaban J connectivity index is 1.75. The van der Waals surface area contributed by atoms with E-state index in [1.165, 1.54) is 24.6 Å². The van der Waals surface area contributed by atoms with Crippen LogP contribution in [-0.4, -0.2) is 26.8 Å². The van der Waals surface area contributed by atoms with E-state index in [2.05, 4.69) is 11.4 Å². The first-order valence-electron chi connectivity index (χ1n) is 10.5. The van der Waals surface area contributed by atoms with Crippen LogP contribution in [0.2, 0.25) is 0 Å². The molecule has 0 unspecified atom stereocenters. The fourth-order valence-electron chi connectivity index (χ4n) is 4.06. The van der Waals surface area contributed by atoms with Crippen LogP contribution in [-0.2, 0) is 4.79 Å². The molecule has 1 N–H and O–H groups in total. The van der Waals surface area contributed by atoms with E-state index >= 15 is 0 Å². The summed E-state index contributed by atoms with van der Waals surface area (Å²) in [5.74, 6) is 0.00138. The van der Waals surface area contributed by atoms with Gasteiger partial charge in [-0.3, -0.25) is 14.2 Å². The van der Waals surface area contributed by atoms with E-state index in [9.17, 15) is 9.59 Å². The number of carbonyl (C=O) groups is 1. The molecule has 0 saturated heterocycles. The topological polar surface area (TPSA) is 64.0 Å². The third-order valence-electron chi connectivity index (χ3n) is 5.69. The van der Waals surface area contributed by atoms with Gasteiger partial charge in [-0.15, -0.1) is 0 Å². The number of amides is 1. The molecule has 1 atom stereocenters. The van der Waals surface area contributed by atoms with Crippen molar-refractivity contribution in [2.24, 2.45) is 0 Å². The molecular formula is C24H27N3O2S. The van der Waals surface area contributed by atoms with Crippen LogP contribution in [0.4, 0.5) is 0 Å². The highest BCUT2D eigenvalue weighted by Gasteiger charge is 2.24. The van der Waals surface area contributed by atoms with Crippen LogP contribution >= 0.6 is 11.8 Å². The Morgan fingerprint density at radius 2 is 1.90 bits per heavy atom. The highest BCUT2D eigenvalue weighted by atomic mass is 32.2. The molecule has 1 heterocycles. The molecule has 5 nitrogen and oxygen atoms in total. The Bertz CT molecular complexity index is 1150. The van der Waals surface area contributed by atoms with Crippen LogP contribution in [0.25, 0.3) is 16.6 Å². The van der Waals surface area contributed by atoms with Gasteiger partial charge in [0.25, 0.3) is 5.56 Å². The lowest BCUT2D eigenvalue weighted by Crippen LogP contribution is -2.38. The van der Waals surface area contributed by atoms with Crippen molar-refractivity contribution >= 4 is 28.6 Å². The average molecular weight is 422 g/mol. The molecule has 4 rings (SSSR count). The van der Waals surface area contributed by atoms with Crippen LogP contribution < -0.4 is 10.9 Å². The molecule has 1 amide bonds. The molecule has 2 aromatic carbocycles. The normalized spacial score (nSPS) is 15.4. The van der Waals surface area contributed by atoms with Crippen molar-refractivity contribution in [3.63, 3.8) is 0 Å². The van der Waals surface area contributed by atoms with Gasteiger partial charge in [-0.05, 0) is 57.4 Å². The third-order valence-corrected chi connectivity index (χ3v) is 6.74. The second kappa shape index (κ2) is 8.64. The van der Waals surface area contributed by atoms with Crippen molar-refractivity contribution in [3.05, 3.63) is 63.9 Å². The summed E-state index contributed by atoms with van der Waals surface area (Å²) < 4.78 is 1.65. The van der Waals surface area contributed by atoms with Crippen molar-refractivity contribution in [1.29, 1.82) is 0 Å². The van der Waals surface area contributed by atoms with Gasteiger partial charge >= 0.3 is 0 Å². The first kappa shape index (κ1) is 20.7. The van der Waals surface area contributed by atoms with Gasteiger partial charge in [-0.2, -0.15) is 0 Å². The second-order valence-corrected chi connectivity index (χ2v) is 9.40. The Labute approximate surface area is 180 Å². The van der Waals surface area contributed by atoms with Crippen molar-refractivity contribution < 1.29 is 4.79 Å². The minimum atomic E-state index is -0.351. The van der Waals surface area contributed by atoms with Crippen LogP contribution in [0.3, 0.4) is 0 Å². The number of thioether (sulfide) groups is 1. The predicted octanol–water partition coefficient (Wildman–Crippen LogP) is 4.54. The molecule has 1 saturated carbocycles. The number of benzene rings is 2. The van der Waals surface area contributed by atoms with E-state index in [0.29, 0.717) is 16.1 Å². The van der Waals surface area contributed by atoms with Crippen LogP contribution in [0.1, 0.15) is 43.7 Å². The first-order valence-corrected chi connectivity index (χ1v) is 11.4. The number of hydrogen-bond acceptors (Lipinski definition) is 4. The van der Waals surface area contributed by atoms with Crippen molar-refractivity contribution in [2.45, 2.75) is 62.9 Å². The summed E-state index contributed by atoms with van der Waals surface area (Å²) >= 11 is 1.34. The number of nitrogens with one attached hydrogen (secondary N) is 1. The molecule has 1 fully saturated rings. The molecule has 0 spiro atoms. The SMILES string of the molecule is Cc1ccc(-n2c(S[C@@H](C)C(=O)NC3CCCC3)nc3ccccc3c2=O)c(C)c1. The van der Waals surface area contributed by atoms with E-state index in [1.807, 2.05) is 51.1 Å². The molecule has 1 aliphatic carbocycles. The molecule has 0 bridgehead atoms. The zero-order valence-electron chi connectivity index (χ0n) is 17.6. The van der Waals surface area contributed by atoms with Crippen molar-refractivity contribution in [1.82, 2.24) is 14.9 Å². The molecule has 1 aromatic heterocycles. The maximum Gasteiger partial charge on any atom is 0.266 e. The minimum absolute atomic E-state index is 0.00138. The van der Waals surface area contributed by atoms with E-state index in [0.717, 1.165) is 29.7 Å². The fourth-order valence-corrected chi connectivity index (χ4v) is 4.99. The summed E-state index contributed by atoms with van der Waals surface area (Å²) in [4.78, 5) is 31.0. The van der Waals surface area contributed by atoms with Gasteiger partial charge in [0.15, 0.2) is 5.16 Å². The van der Waals surface area contributed by atoms with Crippen LogP contribution in [0, 0.1) is 13.8 Å². The first-order chi connectivity index (χ1) is 14.4. The summed E-state index contributed by atoms with van der Waals surface area (Å²) in [5, 5.41) is 3.92. The number of aryl methyl sites for hydroxylation is 2. The summed E-state index contributed by atoms with van der Waals surface area (Å²) in [6, 6.07) is 13.6. The van der Waals surface area contributed by atoms with Gasteiger partial charge in [0.2, 0.25) is 5.91 Å². The molecule has 156 valence electrons. The number of nitrogens with zero attached hydrogens (tertiary/aromatic N) is 2. The lowest BCUT2D eigenvalue weighted by atomic mass is 10.1. The van der Waals surface area contributed by atoms with Crippen molar-refractivity contribution in [2.75, 3.05) is 0 Å². The molecule has 30 heavy (non-hydrogen) atoms. The quantitative estimate of drug-likeness (QED) is 0.485. The number of carbonyl (C=O) groups excluding carboxylic acids is 1. The lowest BCUT2D eigenvalue weighted by molar-refractivity contribution is -0.120. The van der Waals surface area contributed by atoms with E-state index in [1.54, 1.807) is 10.6 Å². The molecule has 6 heteroatoms. The summed E-state index contributed by atoms with van der Waals surface area (Å²) in [6.07, 6.45) is 4.44. The van der Waals surface area contributed by atoms with E-state index < -0.39 is 0 Å². The number of aromatic nitrogens is 2. The van der Waals surface area contributed by atoms with Gasteiger partial charge in [-0.25, -0.2) is 4.98 Å². The monoisotopic (exact) mass is 421 g/mol. The molecule has 0 radical (unpaired) electrons. The van der Waals surface area contributed by atoms with Crippen LogP contribution in [0.15, 0.2) is 52.4 Å².